The molecule has 0 fully saturated rings. The van der Waals surface area contributed by atoms with Crippen molar-refractivity contribution in [2.24, 2.45) is 7.05 Å². The predicted molar refractivity (Wildman–Crippen MR) is 72.8 cm³/mol. The van der Waals surface area contributed by atoms with Gasteiger partial charge < -0.3 is 10.3 Å². The quantitative estimate of drug-likeness (QED) is 0.887. The summed E-state index contributed by atoms with van der Waals surface area (Å²) >= 11 is 0. The zero-order valence-corrected chi connectivity index (χ0v) is 11.9. The number of aryl methyl sites for hydroxylation is 1. The molecule has 3 N–H and O–H groups in total. The van der Waals surface area contributed by atoms with Gasteiger partial charge in [0.2, 0.25) is 0 Å². The van der Waals surface area contributed by atoms with Crippen LogP contribution in [0.5, 0.6) is 0 Å². The lowest BCUT2D eigenvalue weighted by Gasteiger charge is -2.15. The molecule has 0 saturated carbocycles. The molecular formula is C12H15FN4O2S. The molecule has 1 heterocycles. The first-order chi connectivity index (χ1) is 9.31. The number of rotatable bonds is 4. The monoisotopic (exact) mass is 298 g/mol. The van der Waals surface area contributed by atoms with Gasteiger partial charge in [0, 0.05) is 13.1 Å². The average molecular weight is 298 g/mol. The number of nitrogens with zero attached hydrogens (tertiary/aromatic N) is 2. The van der Waals surface area contributed by atoms with Crippen molar-refractivity contribution in [3.8, 4) is 0 Å². The minimum atomic E-state index is -3.84. The van der Waals surface area contributed by atoms with E-state index in [2.05, 4.69) is 9.71 Å². The Balaban J connectivity index is 2.29. The van der Waals surface area contributed by atoms with Crippen molar-refractivity contribution in [3.05, 3.63) is 42.0 Å². The van der Waals surface area contributed by atoms with E-state index in [0.717, 1.165) is 0 Å². The average Bonchev–Trinajstić information content (AvgIpc) is 2.69. The van der Waals surface area contributed by atoms with E-state index in [1.807, 2.05) is 0 Å². The predicted octanol–water partition coefficient (Wildman–Crippen LogP) is 1.18. The summed E-state index contributed by atoms with van der Waals surface area (Å²) < 4.78 is 41.4. The van der Waals surface area contributed by atoms with E-state index in [1.54, 1.807) is 13.0 Å². The number of halogens is 1. The highest BCUT2D eigenvalue weighted by Gasteiger charge is 2.24. The number of nitrogens with one attached hydrogen (secondary N) is 1. The Morgan fingerprint density at radius 2 is 2.15 bits per heavy atom. The lowest BCUT2D eigenvalue weighted by Crippen LogP contribution is -2.29. The first kappa shape index (κ1) is 14.5. The zero-order valence-electron chi connectivity index (χ0n) is 11.0. The van der Waals surface area contributed by atoms with Crippen LogP contribution in [0.4, 0.5) is 10.2 Å². The molecule has 8 heteroatoms. The molecule has 0 saturated heterocycles. The van der Waals surface area contributed by atoms with Crippen molar-refractivity contribution in [2.75, 3.05) is 5.73 Å². The van der Waals surface area contributed by atoms with Gasteiger partial charge in [0.05, 0.1) is 6.33 Å². The van der Waals surface area contributed by atoms with Gasteiger partial charge in [-0.2, -0.15) is 0 Å². The SMILES string of the molecule is CC(NS(=O)(=O)c1c(N)ncn1C)c1cccc(F)c1. The molecule has 20 heavy (non-hydrogen) atoms. The summed E-state index contributed by atoms with van der Waals surface area (Å²) in [5.41, 5.74) is 6.08. The van der Waals surface area contributed by atoms with Gasteiger partial charge in [-0.3, -0.25) is 0 Å². The molecule has 1 aromatic heterocycles. The zero-order chi connectivity index (χ0) is 14.9. The van der Waals surface area contributed by atoms with Crippen LogP contribution in [0.3, 0.4) is 0 Å². The Kier molecular flexibility index (Phi) is 3.78. The highest BCUT2D eigenvalue weighted by atomic mass is 32.2. The second kappa shape index (κ2) is 5.22. The fraction of sp³-hybridized carbons (Fsp3) is 0.250. The molecule has 2 aromatic rings. The Bertz CT molecular complexity index is 707. The molecular weight excluding hydrogens is 283 g/mol. The third kappa shape index (κ3) is 2.81. The molecule has 0 aliphatic heterocycles. The molecule has 2 rings (SSSR count). The minimum Gasteiger partial charge on any atom is -0.381 e. The highest BCUT2D eigenvalue weighted by Crippen LogP contribution is 2.20. The molecule has 0 radical (unpaired) electrons. The summed E-state index contributed by atoms with van der Waals surface area (Å²) in [5, 5.41) is -0.110. The maximum atomic E-state index is 13.2. The second-order valence-electron chi connectivity index (χ2n) is 4.44. The van der Waals surface area contributed by atoms with E-state index in [1.165, 1.54) is 36.1 Å². The van der Waals surface area contributed by atoms with Crippen LogP contribution in [-0.4, -0.2) is 18.0 Å². The summed E-state index contributed by atoms with van der Waals surface area (Å²) in [7, 11) is -2.30. The molecule has 108 valence electrons. The van der Waals surface area contributed by atoms with Crippen LogP contribution >= 0.6 is 0 Å². The molecule has 1 atom stereocenters. The summed E-state index contributed by atoms with van der Waals surface area (Å²) in [4.78, 5) is 3.74. The van der Waals surface area contributed by atoms with Gasteiger partial charge >= 0.3 is 0 Å². The van der Waals surface area contributed by atoms with Gasteiger partial charge in [0.15, 0.2) is 10.8 Å². The summed E-state index contributed by atoms with van der Waals surface area (Å²) in [6.45, 7) is 1.62. The smallest absolute Gasteiger partial charge is 0.260 e. The number of nitrogens with two attached hydrogens (primary N) is 1. The number of hydrogen-bond acceptors (Lipinski definition) is 4. The van der Waals surface area contributed by atoms with Gasteiger partial charge in [-0.25, -0.2) is 22.5 Å². The van der Waals surface area contributed by atoms with Crippen molar-refractivity contribution in [3.63, 3.8) is 0 Å². The third-order valence-corrected chi connectivity index (χ3v) is 4.51. The Hall–Kier alpha value is -1.93. The molecule has 1 unspecified atom stereocenters. The van der Waals surface area contributed by atoms with Crippen LogP contribution in [0.25, 0.3) is 0 Å². The van der Waals surface area contributed by atoms with Gasteiger partial charge in [-0.1, -0.05) is 12.1 Å². The number of benzene rings is 1. The maximum Gasteiger partial charge on any atom is 0.260 e. The van der Waals surface area contributed by atoms with Crippen LogP contribution < -0.4 is 10.5 Å². The first-order valence-corrected chi connectivity index (χ1v) is 7.34. The molecule has 6 nitrogen and oxygen atoms in total. The third-order valence-electron chi connectivity index (χ3n) is 2.84. The van der Waals surface area contributed by atoms with Crippen LogP contribution in [0.15, 0.2) is 35.6 Å². The van der Waals surface area contributed by atoms with Crippen LogP contribution in [0.2, 0.25) is 0 Å². The molecule has 0 spiro atoms. The largest absolute Gasteiger partial charge is 0.381 e. The highest BCUT2D eigenvalue weighted by molar-refractivity contribution is 7.89. The number of sulfonamides is 1. The molecule has 1 aromatic carbocycles. The van der Waals surface area contributed by atoms with E-state index < -0.39 is 21.9 Å². The Morgan fingerprint density at radius 3 is 2.70 bits per heavy atom. The van der Waals surface area contributed by atoms with E-state index >= 15 is 0 Å². The number of imidazole rings is 1. The molecule has 0 aliphatic rings. The van der Waals surface area contributed by atoms with Gasteiger partial charge in [-0.05, 0) is 24.6 Å². The number of aromatic nitrogens is 2. The van der Waals surface area contributed by atoms with Crippen molar-refractivity contribution in [1.82, 2.24) is 14.3 Å². The van der Waals surface area contributed by atoms with Crippen molar-refractivity contribution < 1.29 is 12.8 Å². The van der Waals surface area contributed by atoms with Gasteiger partial charge in [-0.15, -0.1) is 0 Å². The number of hydrogen-bond donors (Lipinski definition) is 2. The Labute approximate surface area is 116 Å². The van der Waals surface area contributed by atoms with E-state index in [-0.39, 0.29) is 10.8 Å². The number of anilines is 1. The van der Waals surface area contributed by atoms with Crippen molar-refractivity contribution in [1.29, 1.82) is 0 Å². The minimum absolute atomic E-state index is 0.0774. The van der Waals surface area contributed by atoms with Crippen LogP contribution in [0.1, 0.15) is 18.5 Å². The first-order valence-electron chi connectivity index (χ1n) is 5.86. The lowest BCUT2D eigenvalue weighted by molar-refractivity contribution is 0.556. The molecule has 0 bridgehead atoms. The number of nitrogen functional groups attached to an aromatic ring is 1. The van der Waals surface area contributed by atoms with Crippen molar-refractivity contribution in [2.45, 2.75) is 18.0 Å². The molecule has 0 aliphatic carbocycles. The van der Waals surface area contributed by atoms with E-state index in [0.29, 0.717) is 5.56 Å². The van der Waals surface area contributed by atoms with Crippen LogP contribution in [0, 0.1) is 5.82 Å². The fourth-order valence-electron chi connectivity index (χ4n) is 1.90. The maximum absolute atomic E-state index is 13.2. The normalized spacial score (nSPS) is 13.3. The lowest BCUT2D eigenvalue weighted by atomic mass is 10.1. The van der Waals surface area contributed by atoms with E-state index in [4.69, 9.17) is 5.73 Å². The molecule has 0 amide bonds. The summed E-state index contributed by atoms with van der Waals surface area (Å²) in [5.74, 6) is -0.500. The van der Waals surface area contributed by atoms with Gasteiger partial charge in [0.25, 0.3) is 10.0 Å². The van der Waals surface area contributed by atoms with Crippen molar-refractivity contribution >= 4 is 15.8 Å². The Morgan fingerprint density at radius 1 is 1.45 bits per heavy atom. The summed E-state index contributed by atoms with van der Waals surface area (Å²) in [6, 6.07) is 5.14. The fourth-order valence-corrected chi connectivity index (χ4v) is 3.36. The van der Waals surface area contributed by atoms with Gasteiger partial charge in [0.1, 0.15) is 5.82 Å². The summed E-state index contributed by atoms with van der Waals surface area (Å²) in [6.07, 6.45) is 1.32. The second-order valence-corrected chi connectivity index (χ2v) is 6.07. The standard InChI is InChI=1S/C12H15FN4O2S/c1-8(9-4-3-5-10(13)6-9)16-20(18,19)12-11(14)15-7-17(12)2/h3-8,16H,14H2,1-2H3. The van der Waals surface area contributed by atoms with Crippen LogP contribution in [-0.2, 0) is 17.1 Å². The topological polar surface area (TPSA) is 90.0 Å². The van der Waals surface area contributed by atoms with E-state index in [9.17, 15) is 12.8 Å².